The van der Waals surface area contributed by atoms with Gasteiger partial charge in [-0.1, -0.05) is 23.7 Å². The highest BCUT2D eigenvalue weighted by Crippen LogP contribution is 2.24. The van der Waals surface area contributed by atoms with E-state index in [0.717, 1.165) is 23.8 Å². The van der Waals surface area contributed by atoms with E-state index in [0.29, 0.717) is 0 Å². The summed E-state index contributed by atoms with van der Waals surface area (Å²) in [6.07, 6.45) is 0. The molecule has 2 rings (SSSR count). The van der Waals surface area contributed by atoms with E-state index < -0.39 is 0 Å². The van der Waals surface area contributed by atoms with E-state index in [2.05, 4.69) is 35.2 Å². The van der Waals surface area contributed by atoms with Crippen LogP contribution in [-0.2, 0) is 0 Å². The maximum absolute atomic E-state index is 6.19. The van der Waals surface area contributed by atoms with E-state index in [1.807, 2.05) is 12.1 Å². The molecule has 1 aliphatic rings. The van der Waals surface area contributed by atoms with Crippen LogP contribution < -0.4 is 5.32 Å². The van der Waals surface area contributed by atoms with Crippen molar-refractivity contribution in [3.63, 3.8) is 0 Å². The van der Waals surface area contributed by atoms with E-state index in [1.165, 1.54) is 31.7 Å². The summed E-state index contributed by atoms with van der Waals surface area (Å²) in [5, 5.41) is 4.27. The van der Waals surface area contributed by atoms with Gasteiger partial charge < -0.3 is 10.2 Å². The van der Waals surface area contributed by atoms with Gasteiger partial charge in [-0.05, 0) is 25.6 Å². The van der Waals surface area contributed by atoms with Crippen molar-refractivity contribution in [1.82, 2.24) is 9.80 Å². The van der Waals surface area contributed by atoms with Crippen molar-refractivity contribution < 1.29 is 0 Å². The molecule has 0 amide bonds. The molecule has 4 heteroatoms. The third-order valence-corrected chi connectivity index (χ3v) is 3.86. The van der Waals surface area contributed by atoms with Crippen molar-refractivity contribution in [2.75, 3.05) is 51.6 Å². The van der Waals surface area contributed by atoms with Crippen LogP contribution in [0.15, 0.2) is 18.2 Å². The van der Waals surface area contributed by atoms with Crippen LogP contribution in [0.25, 0.3) is 0 Å². The van der Waals surface area contributed by atoms with Gasteiger partial charge in [0, 0.05) is 39.3 Å². The predicted molar refractivity (Wildman–Crippen MR) is 78.6 cm³/mol. The number of halogens is 1. The fourth-order valence-corrected chi connectivity index (χ4v) is 2.55. The molecular weight excluding hydrogens is 246 g/mol. The lowest BCUT2D eigenvalue weighted by Crippen LogP contribution is -2.45. The summed E-state index contributed by atoms with van der Waals surface area (Å²) in [7, 11) is 2.18. The molecule has 0 saturated carbocycles. The number of rotatable bonds is 4. The molecule has 100 valence electrons. The monoisotopic (exact) mass is 267 g/mol. The minimum atomic E-state index is 0.813. The van der Waals surface area contributed by atoms with Crippen molar-refractivity contribution in [2.24, 2.45) is 0 Å². The Morgan fingerprint density at radius 1 is 1.22 bits per heavy atom. The molecule has 0 unspecified atom stereocenters. The summed E-state index contributed by atoms with van der Waals surface area (Å²) in [4.78, 5) is 4.88. The molecule has 0 aromatic heterocycles. The fraction of sp³-hybridized carbons (Fsp3) is 0.571. The smallest absolute Gasteiger partial charge is 0.0640 e. The summed E-state index contributed by atoms with van der Waals surface area (Å²) in [5.74, 6) is 0. The topological polar surface area (TPSA) is 18.5 Å². The van der Waals surface area contributed by atoms with Gasteiger partial charge in [-0.2, -0.15) is 0 Å². The number of hydrogen-bond acceptors (Lipinski definition) is 3. The Bertz CT molecular complexity index is 366. The molecule has 1 heterocycles. The highest BCUT2D eigenvalue weighted by atomic mass is 35.5. The third-order valence-electron chi connectivity index (χ3n) is 3.55. The number of likely N-dealkylation sites (N-methyl/N-ethyl adjacent to an activating group) is 1. The molecule has 0 spiro atoms. The molecule has 18 heavy (non-hydrogen) atoms. The number of aryl methyl sites for hydroxylation is 1. The van der Waals surface area contributed by atoms with Crippen molar-refractivity contribution in [2.45, 2.75) is 6.92 Å². The lowest BCUT2D eigenvalue weighted by molar-refractivity contribution is 0.158. The van der Waals surface area contributed by atoms with Crippen LogP contribution in [0.3, 0.4) is 0 Å². The fourth-order valence-electron chi connectivity index (χ4n) is 2.27. The van der Waals surface area contributed by atoms with Crippen LogP contribution in [0.1, 0.15) is 5.56 Å². The molecule has 0 bridgehead atoms. The van der Waals surface area contributed by atoms with Crippen molar-refractivity contribution >= 4 is 17.3 Å². The summed E-state index contributed by atoms with van der Waals surface area (Å²) in [6, 6.07) is 6.01. The van der Waals surface area contributed by atoms with E-state index in [-0.39, 0.29) is 0 Å². The van der Waals surface area contributed by atoms with Crippen LogP contribution in [0.5, 0.6) is 0 Å². The second-order valence-electron chi connectivity index (χ2n) is 5.00. The molecular formula is C14H22ClN3. The first kappa shape index (κ1) is 13.7. The Hall–Kier alpha value is -0.770. The maximum atomic E-state index is 6.19. The number of benzene rings is 1. The van der Waals surface area contributed by atoms with E-state index in [1.54, 1.807) is 0 Å². The maximum Gasteiger partial charge on any atom is 0.0640 e. The Labute approximate surface area is 115 Å². The molecule has 3 nitrogen and oxygen atoms in total. The minimum Gasteiger partial charge on any atom is -0.382 e. The minimum absolute atomic E-state index is 0.813. The molecule has 1 N–H and O–H groups in total. The SMILES string of the molecule is Cc1cccc(Cl)c1NCCN1CCN(C)CC1. The number of nitrogens with zero attached hydrogens (tertiary/aromatic N) is 2. The van der Waals surface area contributed by atoms with Gasteiger partial charge in [0.15, 0.2) is 0 Å². The Kier molecular flexibility index (Phi) is 4.87. The average molecular weight is 268 g/mol. The zero-order chi connectivity index (χ0) is 13.0. The standard InChI is InChI=1S/C14H22ClN3/c1-12-4-3-5-13(15)14(12)16-6-7-18-10-8-17(2)9-11-18/h3-5,16H,6-11H2,1-2H3. The highest BCUT2D eigenvalue weighted by Gasteiger charge is 2.13. The van der Waals surface area contributed by atoms with Crippen LogP contribution in [0.4, 0.5) is 5.69 Å². The lowest BCUT2D eigenvalue weighted by atomic mass is 10.2. The van der Waals surface area contributed by atoms with Gasteiger partial charge in [0.25, 0.3) is 0 Å². The normalized spacial score (nSPS) is 17.9. The first-order valence-electron chi connectivity index (χ1n) is 6.56. The van der Waals surface area contributed by atoms with Crippen LogP contribution >= 0.6 is 11.6 Å². The second-order valence-corrected chi connectivity index (χ2v) is 5.41. The zero-order valence-corrected chi connectivity index (χ0v) is 12.0. The largest absolute Gasteiger partial charge is 0.382 e. The van der Waals surface area contributed by atoms with Crippen LogP contribution in [0.2, 0.25) is 5.02 Å². The number of hydrogen-bond donors (Lipinski definition) is 1. The predicted octanol–water partition coefficient (Wildman–Crippen LogP) is 2.31. The van der Waals surface area contributed by atoms with Gasteiger partial charge in [-0.15, -0.1) is 0 Å². The lowest BCUT2D eigenvalue weighted by Gasteiger charge is -2.32. The highest BCUT2D eigenvalue weighted by molar-refractivity contribution is 6.33. The molecule has 1 saturated heterocycles. The van der Waals surface area contributed by atoms with E-state index >= 15 is 0 Å². The van der Waals surface area contributed by atoms with Gasteiger partial charge in [0.1, 0.15) is 0 Å². The molecule has 1 aromatic rings. The van der Waals surface area contributed by atoms with Crippen molar-refractivity contribution in [3.05, 3.63) is 28.8 Å². The van der Waals surface area contributed by atoms with E-state index in [9.17, 15) is 0 Å². The van der Waals surface area contributed by atoms with Gasteiger partial charge in [-0.25, -0.2) is 0 Å². The molecule has 0 atom stereocenters. The van der Waals surface area contributed by atoms with Gasteiger partial charge in [0.05, 0.1) is 10.7 Å². The Balaban J connectivity index is 1.78. The second kappa shape index (κ2) is 6.41. The molecule has 1 aromatic carbocycles. The van der Waals surface area contributed by atoms with Gasteiger partial charge in [-0.3, -0.25) is 4.90 Å². The summed E-state index contributed by atoms with van der Waals surface area (Å²) >= 11 is 6.19. The number of anilines is 1. The Morgan fingerprint density at radius 2 is 1.94 bits per heavy atom. The number of para-hydroxylation sites is 1. The third kappa shape index (κ3) is 3.61. The van der Waals surface area contributed by atoms with Crippen LogP contribution in [0, 0.1) is 6.92 Å². The van der Waals surface area contributed by atoms with Gasteiger partial charge >= 0.3 is 0 Å². The van der Waals surface area contributed by atoms with Crippen LogP contribution in [-0.4, -0.2) is 56.1 Å². The molecule has 0 radical (unpaired) electrons. The van der Waals surface area contributed by atoms with E-state index in [4.69, 9.17) is 11.6 Å². The Morgan fingerprint density at radius 3 is 2.61 bits per heavy atom. The quantitative estimate of drug-likeness (QED) is 0.903. The van der Waals surface area contributed by atoms with Gasteiger partial charge in [0.2, 0.25) is 0 Å². The first-order chi connectivity index (χ1) is 8.66. The summed E-state index contributed by atoms with van der Waals surface area (Å²) < 4.78 is 0. The molecule has 0 aliphatic carbocycles. The molecule has 1 fully saturated rings. The summed E-state index contributed by atoms with van der Waals surface area (Å²) in [6.45, 7) is 8.80. The number of nitrogens with one attached hydrogen (secondary N) is 1. The van der Waals surface area contributed by atoms with Crippen molar-refractivity contribution in [1.29, 1.82) is 0 Å². The molecule has 1 aliphatic heterocycles. The zero-order valence-electron chi connectivity index (χ0n) is 11.2. The number of piperazine rings is 1. The summed E-state index contributed by atoms with van der Waals surface area (Å²) in [5.41, 5.74) is 2.29. The average Bonchev–Trinajstić information content (AvgIpc) is 2.35. The first-order valence-corrected chi connectivity index (χ1v) is 6.94. The van der Waals surface area contributed by atoms with Crippen molar-refractivity contribution in [3.8, 4) is 0 Å².